The fraction of sp³-hybridized carbons (Fsp3) is 0.810. The second-order valence-electron chi connectivity index (χ2n) is 10.4. The molecular formula is C21H31NO. The average molecular weight is 313 g/mol. The number of hydrogen-bond acceptors (Lipinski definition) is 2. The number of ketones is 1. The van der Waals surface area contributed by atoms with Gasteiger partial charge in [-0.25, -0.2) is 0 Å². The molecule has 0 radical (unpaired) electrons. The van der Waals surface area contributed by atoms with E-state index < -0.39 is 10.8 Å². The second kappa shape index (κ2) is 4.86. The fourth-order valence-electron chi connectivity index (χ4n) is 4.67. The Morgan fingerprint density at radius 1 is 1.09 bits per heavy atom. The molecule has 0 aromatic carbocycles. The maximum Gasteiger partial charge on any atom is 0.153 e. The lowest BCUT2D eigenvalue weighted by molar-refractivity contribution is -0.183. The van der Waals surface area contributed by atoms with Crippen LogP contribution in [0.2, 0.25) is 0 Å². The van der Waals surface area contributed by atoms with Gasteiger partial charge in [0, 0.05) is 11.8 Å². The van der Waals surface area contributed by atoms with E-state index in [1.807, 2.05) is 0 Å². The Kier molecular flexibility index (Phi) is 3.82. The predicted molar refractivity (Wildman–Crippen MR) is 93.3 cm³/mol. The van der Waals surface area contributed by atoms with Crippen LogP contribution in [0.5, 0.6) is 0 Å². The molecule has 0 aromatic heterocycles. The Bertz CT molecular complexity index is 626. The Morgan fingerprint density at radius 2 is 1.65 bits per heavy atom. The molecule has 2 aliphatic carbocycles. The summed E-state index contributed by atoms with van der Waals surface area (Å²) >= 11 is 0. The normalized spacial score (nSPS) is 36.1. The molecule has 0 amide bonds. The van der Waals surface area contributed by atoms with Gasteiger partial charge in [0.1, 0.15) is 5.41 Å². The molecule has 2 saturated carbocycles. The molecule has 0 aliphatic heterocycles. The van der Waals surface area contributed by atoms with Crippen LogP contribution < -0.4 is 0 Å². The zero-order valence-corrected chi connectivity index (χ0v) is 16.1. The lowest BCUT2D eigenvalue weighted by atomic mass is 9.33. The molecule has 0 N–H and O–H groups in total. The molecule has 0 spiro atoms. The van der Waals surface area contributed by atoms with E-state index in [1.54, 1.807) is 0 Å². The molecule has 126 valence electrons. The highest BCUT2D eigenvalue weighted by atomic mass is 16.1. The summed E-state index contributed by atoms with van der Waals surface area (Å²) in [7, 11) is 0. The Labute approximate surface area is 142 Å². The minimum absolute atomic E-state index is 0.0220. The van der Waals surface area contributed by atoms with Gasteiger partial charge in [0.25, 0.3) is 0 Å². The van der Waals surface area contributed by atoms with Crippen LogP contribution in [-0.2, 0) is 4.79 Å². The molecule has 2 rings (SSSR count). The van der Waals surface area contributed by atoms with Crippen molar-refractivity contribution < 1.29 is 4.79 Å². The van der Waals surface area contributed by atoms with Gasteiger partial charge in [-0.2, -0.15) is 5.26 Å². The molecular weight excluding hydrogens is 282 g/mol. The highest BCUT2D eigenvalue weighted by Crippen LogP contribution is 2.72. The topological polar surface area (TPSA) is 40.9 Å². The Balaban J connectivity index is 2.65. The van der Waals surface area contributed by atoms with E-state index in [0.29, 0.717) is 6.42 Å². The van der Waals surface area contributed by atoms with Crippen LogP contribution in [0, 0.1) is 56.2 Å². The molecule has 2 nitrogen and oxygen atoms in total. The number of fused-ring (bicyclic) bond motifs is 1. The van der Waals surface area contributed by atoms with Gasteiger partial charge in [0.15, 0.2) is 5.78 Å². The van der Waals surface area contributed by atoms with Crippen LogP contribution in [0.15, 0.2) is 0 Å². The van der Waals surface area contributed by atoms with Gasteiger partial charge in [-0.05, 0) is 50.4 Å². The summed E-state index contributed by atoms with van der Waals surface area (Å²) in [6.45, 7) is 16.8. The maximum absolute atomic E-state index is 13.3. The number of Topliss-reactive ketones (excluding diaryl/α,β-unsaturated/α-hetero) is 1. The highest BCUT2D eigenvalue weighted by Gasteiger charge is 2.75. The van der Waals surface area contributed by atoms with Crippen LogP contribution in [0.4, 0.5) is 0 Å². The molecule has 2 fully saturated rings. The van der Waals surface area contributed by atoms with Crippen LogP contribution >= 0.6 is 0 Å². The molecule has 0 saturated heterocycles. The van der Waals surface area contributed by atoms with E-state index in [0.717, 1.165) is 12.8 Å². The predicted octanol–water partition coefficient (Wildman–Crippen LogP) is 4.99. The number of nitriles is 1. The minimum Gasteiger partial charge on any atom is -0.298 e. The van der Waals surface area contributed by atoms with E-state index in [1.165, 1.54) is 0 Å². The first kappa shape index (κ1) is 18.1. The van der Waals surface area contributed by atoms with E-state index in [4.69, 9.17) is 0 Å². The zero-order valence-electron chi connectivity index (χ0n) is 16.1. The summed E-state index contributed by atoms with van der Waals surface area (Å²) in [5.41, 5.74) is -1.85. The second-order valence-corrected chi connectivity index (χ2v) is 10.4. The number of rotatable bonds is 0. The molecule has 23 heavy (non-hydrogen) atoms. The third-order valence-corrected chi connectivity index (χ3v) is 5.82. The highest BCUT2D eigenvalue weighted by molar-refractivity contribution is 5.93. The zero-order chi connectivity index (χ0) is 17.9. The maximum atomic E-state index is 13.3. The Hall–Kier alpha value is -1.28. The van der Waals surface area contributed by atoms with Gasteiger partial charge in [0.05, 0.1) is 11.5 Å². The van der Waals surface area contributed by atoms with Gasteiger partial charge in [-0.15, -0.1) is 0 Å². The van der Waals surface area contributed by atoms with Gasteiger partial charge < -0.3 is 0 Å². The van der Waals surface area contributed by atoms with Gasteiger partial charge in [-0.1, -0.05) is 46.5 Å². The molecule has 0 aromatic rings. The van der Waals surface area contributed by atoms with Crippen molar-refractivity contribution in [1.29, 1.82) is 5.26 Å². The lowest BCUT2D eigenvalue weighted by Crippen LogP contribution is -2.69. The molecule has 2 heteroatoms. The van der Waals surface area contributed by atoms with Crippen LogP contribution in [0.25, 0.3) is 0 Å². The van der Waals surface area contributed by atoms with E-state index in [2.05, 4.69) is 73.3 Å². The Morgan fingerprint density at radius 3 is 2.04 bits per heavy atom. The first-order chi connectivity index (χ1) is 10.2. The van der Waals surface area contributed by atoms with Crippen molar-refractivity contribution in [3.63, 3.8) is 0 Å². The average Bonchev–Trinajstić information content (AvgIpc) is 2.29. The SMILES string of the molecule is CC(C)(C)C#C[C@]12C(=O)CC(C)(C)C[C@H]1C[C@]2(C#N)C(C)(C)C. The molecule has 3 atom stereocenters. The summed E-state index contributed by atoms with van der Waals surface area (Å²) in [5, 5.41) is 10.1. The molecule has 0 bridgehead atoms. The first-order valence-electron chi connectivity index (χ1n) is 8.70. The summed E-state index contributed by atoms with van der Waals surface area (Å²) < 4.78 is 0. The minimum atomic E-state index is -0.775. The monoisotopic (exact) mass is 313 g/mol. The number of hydrogen-bond donors (Lipinski definition) is 0. The number of carbonyl (C=O) groups excluding carboxylic acids is 1. The summed E-state index contributed by atoms with van der Waals surface area (Å²) in [6.07, 6.45) is 2.31. The van der Waals surface area contributed by atoms with Gasteiger partial charge in [0.2, 0.25) is 0 Å². The first-order valence-corrected chi connectivity index (χ1v) is 8.70. The van der Waals surface area contributed by atoms with Crippen LogP contribution in [0.3, 0.4) is 0 Å². The van der Waals surface area contributed by atoms with Crippen molar-refractivity contribution in [2.75, 3.05) is 0 Å². The largest absolute Gasteiger partial charge is 0.298 e. The van der Waals surface area contributed by atoms with E-state index >= 15 is 0 Å². The smallest absolute Gasteiger partial charge is 0.153 e. The fourth-order valence-corrected chi connectivity index (χ4v) is 4.67. The van der Waals surface area contributed by atoms with Crippen molar-refractivity contribution >= 4 is 5.78 Å². The molecule has 0 heterocycles. The van der Waals surface area contributed by atoms with Crippen molar-refractivity contribution in [3.05, 3.63) is 0 Å². The summed E-state index contributed by atoms with van der Waals surface area (Å²) in [6, 6.07) is 2.57. The third kappa shape index (κ3) is 2.52. The van der Waals surface area contributed by atoms with Crippen molar-refractivity contribution in [3.8, 4) is 17.9 Å². The number of nitrogens with zero attached hydrogens (tertiary/aromatic N) is 1. The summed E-state index contributed by atoms with van der Waals surface area (Å²) in [5.74, 6) is 7.11. The van der Waals surface area contributed by atoms with Gasteiger partial charge >= 0.3 is 0 Å². The molecule has 0 unspecified atom stereocenters. The van der Waals surface area contributed by atoms with Crippen molar-refractivity contribution in [2.24, 2.45) is 33.0 Å². The lowest BCUT2D eigenvalue weighted by Gasteiger charge is -2.66. The van der Waals surface area contributed by atoms with E-state index in [-0.39, 0.29) is 27.9 Å². The summed E-state index contributed by atoms with van der Waals surface area (Å²) in [4.78, 5) is 13.3. The number of carbonyl (C=O) groups is 1. The quantitative estimate of drug-likeness (QED) is 0.591. The van der Waals surface area contributed by atoms with Crippen molar-refractivity contribution in [1.82, 2.24) is 0 Å². The molecule has 2 aliphatic rings. The van der Waals surface area contributed by atoms with Crippen LogP contribution in [0.1, 0.15) is 74.7 Å². The van der Waals surface area contributed by atoms with Gasteiger partial charge in [-0.3, -0.25) is 4.79 Å². The van der Waals surface area contributed by atoms with Crippen LogP contribution in [-0.4, -0.2) is 5.78 Å². The standard InChI is InChI=1S/C21H31NO/c1-17(2,3)9-10-21-15(11-19(7,8)13-16(21)23)12-20(21,14-22)18(4,5)6/h15H,11-13H2,1-8H3/t15-,20-,21+/m0/s1. The third-order valence-electron chi connectivity index (χ3n) is 5.82. The van der Waals surface area contributed by atoms with E-state index in [9.17, 15) is 10.1 Å². The van der Waals surface area contributed by atoms with Crippen molar-refractivity contribution in [2.45, 2.75) is 74.7 Å².